The number of rotatable bonds is 5. The van der Waals surface area contributed by atoms with Gasteiger partial charge in [-0.2, -0.15) is 0 Å². The number of amides is 1. The Bertz CT molecular complexity index is 1000. The van der Waals surface area contributed by atoms with Gasteiger partial charge < -0.3 is 9.47 Å². The number of benzene rings is 3. The van der Waals surface area contributed by atoms with Crippen molar-refractivity contribution < 1.29 is 19.1 Å². The van der Waals surface area contributed by atoms with Crippen molar-refractivity contribution in [2.45, 2.75) is 16.4 Å². The van der Waals surface area contributed by atoms with Crippen molar-refractivity contribution in [2.75, 3.05) is 18.6 Å². The summed E-state index contributed by atoms with van der Waals surface area (Å²) >= 11 is 1.62. The summed E-state index contributed by atoms with van der Waals surface area (Å²) in [6, 6.07) is 22.3. The molecule has 0 spiro atoms. The third-order valence-electron chi connectivity index (χ3n) is 4.51. The van der Waals surface area contributed by atoms with Crippen LogP contribution in [0.15, 0.2) is 82.6 Å². The van der Waals surface area contributed by atoms with Gasteiger partial charge in [0.25, 0.3) is 5.91 Å². The fraction of sp³-hybridized carbons (Fsp3) is 0.130. The van der Waals surface area contributed by atoms with Crippen LogP contribution in [0.5, 0.6) is 0 Å². The highest BCUT2D eigenvalue weighted by Gasteiger charge is 2.28. The number of anilines is 2. The van der Waals surface area contributed by atoms with Crippen LogP contribution in [0.1, 0.15) is 15.9 Å². The number of nitrogens with zero attached hydrogens (tertiary/aromatic N) is 1. The Kier molecular flexibility index (Phi) is 5.64. The van der Waals surface area contributed by atoms with Gasteiger partial charge in [-0.05, 0) is 42.0 Å². The lowest BCUT2D eigenvalue weighted by molar-refractivity contribution is -0.121. The smallest absolute Gasteiger partial charge is 0.338 e. The van der Waals surface area contributed by atoms with Crippen LogP contribution in [0.25, 0.3) is 0 Å². The zero-order valence-corrected chi connectivity index (χ0v) is 16.6. The van der Waals surface area contributed by atoms with Gasteiger partial charge in [-0.15, -0.1) is 0 Å². The van der Waals surface area contributed by atoms with Crippen LogP contribution in [0.2, 0.25) is 0 Å². The lowest BCUT2D eigenvalue weighted by Gasteiger charge is -2.30. The van der Waals surface area contributed by atoms with Gasteiger partial charge in [0.2, 0.25) is 0 Å². The van der Waals surface area contributed by atoms with E-state index in [0.717, 1.165) is 26.7 Å². The number of methoxy groups -OCH3 is 1. The van der Waals surface area contributed by atoms with Gasteiger partial charge in [0.1, 0.15) is 0 Å². The Morgan fingerprint density at radius 1 is 0.862 bits per heavy atom. The van der Waals surface area contributed by atoms with E-state index in [4.69, 9.17) is 9.47 Å². The maximum absolute atomic E-state index is 13.0. The van der Waals surface area contributed by atoms with Crippen LogP contribution >= 0.6 is 11.8 Å². The summed E-state index contributed by atoms with van der Waals surface area (Å²) in [4.78, 5) is 29.0. The maximum atomic E-state index is 13.0. The summed E-state index contributed by atoms with van der Waals surface area (Å²) in [6.07, 6.45) is 0. The molecule has 1 heterocycles. The van der Waals surface area contributed by atoms with Crippen molar-refractivity contribution in [3.8, 4) is 0 Å². The van der Waals surface area contributed by atoms with Crippen molar-refractivity contribution in [2.24, 2.45) is 0 Å². The van der Waals surface area contributed by atoms with E-state index >= 15 is 0 Å². The monoisotopic (exact) mass is 405 g/mol. The number of ether oxygens (including phenoxy) is 2. The zero-order valence-electron chi connectivity index (χ0n) is 15.8. The Labute approximate surface area is 173 Å². The Balaban J connectivity index is 1.51. The van der Waals surface area contributed by atoms with Crippen LogP contribution in [0.4, 0.5) is 11.4 Å². The molecule has 0 atom stereocenters. The molecule has 29 heavy (non-hydrogen) atoms. The molecule has 5 nitrogen and oxygen atoms in total. The van der Waals surface area contributed by atoms with Gasteiger partial charge in [-0.3, -0.25) is 9.69 Å². The molecular weight excluding hydrogens is 386 g/mol. The molecule has 0 N–H and O–H groups in total. The molecule has 0 radical (unpaired) electrons. The highest BCUT2D eigenvalue weighted by molar-refractivity contribution is 7.99. The first-order valence-electron chi connectivity index (χ1n) is 9.11. The van der Waals surface area contributed by atoms with Gasteiger partial charge in [-0.1, -0.05) is 48.2 Å². The van der Waals surface area contributed by atoms with E-state index < -0.39 is 5.97 Å². The minimum absolute atomic E-state index is 0.297. The van der Waals surface area contributed by atoms with E-state index in [1.165, 1.54) is 0 Å². The third-order valence-corrected chi connectivity index (χ3v) is 5.64. The molecule has 4 rings (SSSR count). The summed E-state index contributed by atoms with van der Waals surface area (Å²) in [5.41, 5.74) is 2.94. The molecule has 146 valence electrons. The van der Waals surface area contributed by atoms with Gasteiger partial charge in [0, 0.05) is 16.9 Å². The van der Waals surface area contributed by atoms with E-state index in [1.807, 2.05) is 48.5 Å². The first-order valence-corrected chi connectivity index (χ1v) is 9.93. The summed E-state index contributed by atoms with van der Waals surface area (Å²) < 4.78 is 10.4. The number of carbonyl (C=O) groups excluding carboxylic acids is 2. The van der Waals surface area contributed by atoms with Crippen molar-refractivity contribution in [1.82, 2.24) is 0 Å². The molecule has 0 aromatic heterocycles. The van der Waals surface area contributed by atoms with E-state index in [0.29, 0.717) is 12.2 Å². The second-order valence-electron chi connectivity index (χ2n) is 6.47. The standard InChI is InChI=1S/C23H19NO4S/c1-27-14-16-10-12-17(13-11-16)23(26)28-15-22(25)24-18-6-2-4-8-20(18)29-21-9-5-3-7-19(21)24/h2-13H,14-15H2,1H3. The topological polar surface area (TPSA) is 55.8 Å². The second kappa shape index (κ2) is 8.51. The van der Waals surface area contributed by atoms with Gasteiger partial charge >= 0.3 is 5.97 Å². The second-order valence-corrected chi connectivity index (χ2v) is 7.56. The lowest BCUT2D eigenvalue weighted by atomic mass is 10.1. The van der Waals surface area contributed by atoms with E-state index in [2.05, 4.69) is 0 Å². The molecule has 3 aromatic carbocycles. The Hall–Kier alpha value is -3.09. The van der Waals surface area contributed by atoms with Crippen LogP contribution in [-0.2, 0) is 20.9 Å². The summed E-state index contributed by atoms with van der Waals surface area (Å²) in [6.45, 7) is 0.131. The quantitative estimate of drug-likeness (QED) is 0.570. The zero-order chi connectivity index (χ0) is 20.2. The fourth-order valence-corrected chi connectivity index (χ4v) is 4.21. The molecule has 1 aliphatic rings. The number of carbonyl (C=O) groups is 2. The van der Waals surface area contributed by atoms with Crippen molar-refractivity contribution in [3.05, 3.63) is 83.9 Å². The molecule has 6 heteroatoms. The lowest BCUT2D eigenvalue weighted by Crippen LogP contribution is -2.32. The number of para-hydroxylation sites is 2. The van der Waals surface area contributed by atoms with E-state index in [9.17, 15) is 9.59 Å². The summed E-state index contributed by atoms with van der Waals surface area (Å²) in [5.74, 6) is -0.829. The first-order chi connectivity index (χ1) is 14.2. The highest BCUT2D eigenvalue weighted by atomic mass is 32.2. The van der Waals surface area contributed by atoms with Crippen molar-refractivity contribution in [3.63, 3.8) is 0 Å². The largest absolute Gasteiger partial charge is 0.452 e. The summed E-state index contributed by atoms with van der Waals surface area (Å²) in [7, 11) is 1.61. The number of hydrogen-bond donors (Lipinski definition) is 0. The minimum Gasteiger partial charge on any atom is -0.452 e. The first kappa shape index (κ1) is 19.2. The van der Waals surface area contributed by atoms with Crippen LogP contribution in [0.3, 0.4) is 0 Å². The Morgan fingerprint density at radius 3 is 2.03 bits per heavy atom. The van der Waals surface area contributed by atoms with Gasteiger partial charge in [-0.25, -0.2) is 4.79 Å². The van der Waals surface area contributed by atoms with E-state index in [1.54, 1.807) is 48.0 Å². The number of esters is 1. The fourth-order valence-electron chi connectivity index (χ4n) is 3.15. The van der Waals surface area contributed by atoms with Gasteiger partial charge in [0.05, 0.1) is 23.5 Å². The number of hydrogen-bond acceptors (Lipinski definition) is 5. The molecule has 0 saturated carbocycles. The SMILES string of the molecule is COCc1ccc(C(=O)OCC(=O)N2c3ccccc3Sc3ccccc32)cc1. The normalized spacial score (nSPS) is 12.1. The molecule has 3 aromatic rings. The van der Waals surface area contributed by atoms with Crippen LogP contribution < -0.4 is 4.90 Å². The van der Waals surface area contributed by atoms with E-state index in [-0.39, 0.29) is 12.5 Å². The molecule has 0 saturated heterocycles. The van der Waals surface area contributed by atoms with Crippen molar-refractivity contribution in [1.29, 1.82) is 0 Å². The Morgan fingerprint density at radius 2 is 1.45 bits per heavy atom. The highest BCUT2D eigenvalue weighted by Crippen LogP contribution is 2.47. The van der Waals surface area contributed by atoms with Crippen LogP contribution in [-0.4, -0.2) is 25.6 Å². The molecular formula is C23H19NO4S. The maximum Gasteiger partial charge on any atom is 0.338 e. The molecule has 0 aliphatic carbocycles. The van der Waals surface area contributed by atoms with Crippen LogP contribution in [0, 0.1) is 0 Å². The summed E-state index contributed by atoms with van der Waals surface area (Å²) in [5, 5.41) is 0. The number of fused-ring (bicyclic) bond motifs is 2. The minimum atomic E-state index is -0.532. The predicted molar refractivity (Wildman–Crippen MR) is 112 cm³/mol. The molecule has 1 amide bonds. The molecule has 0 unspecified atom stereocenters. The van der Waals surface area contributed by atoms with Crippen molar-refractivity contribution >= 4 is 35.0 Å². The average Bonchev–Trinajstić information content (AvgIpc) is 2.76. The average molecular weight is 405 g/mol. The third kappa shape index (κ3) is 4.04. The molecule has 0 bridgehead atoms. The predicted octanol–water partition coefficient (Wildman–Crippen LogP) is 4.82. The molecule has 1 aliphatic heterocycles. The molecule has 0 fully saturated rings. The van der Waals surface area contributed by atoms with Gasteiger partial charge in [0.15, 0.2) is 6.61 Å².